The second-order valence-electron chi connectivity index (χ2n) is 7.05. The maximum Gasteiger partial charge on any atom is 0.307 e. The highest BCUT2D eigenvalue weighted by molar-refractivity contribution is 5.99. The van der Waals surface area contributed by atoms with Gasteiger partial charge in [-0.15, -0.1) is 0 Å². The fraction of sp³-hybridized carbons (Fsp3) is 0.333. The van der Waals surface area contributed by atoms with Crippen LogP contribution in [0.15, 0.2) is 48.5 Å². The number of anilines is 1. The minimum Gasteiger partial charge on any atom is -0.494 e. The molecule has 0 bridgehead atoms. The highest BCUT2D eigenvalue weighted by Gasteiger charge is 2.19. The normalized spacial score (nSPS) is 11.3. The van der Waals surface area contributed by atoms with E-state index in [1.807, 2.05) is 6.92 Å². The van der Waals surface area contributed by atoms with Gasteiger partial charge in [-0.05, 0) is 68.8 Å². The number of Topliss-reactive ketones (excluding diaryl/α,β-unsaturated/α-hetero) is 2. The molecular weight excluding hydrogens is 398 g/mol. The number of carbonyl (C=O) groups is 4. The first-order chi connectivity index (χ1) is 14.8. The fourth-order valence-electron chi connectivity index (χ4n) is 2.66. The molecule has 164 valence electrons. The number of carbonyl (C=O) groups excluding carboxylic acids is 4. The smallest absolute Gasteiger partial charge is 0.307 e. The summed E-state index contributed by atoms with van der Waals surface area (Å²) in [4.78, 5) is 47.8. The molecule has 1 amide bonds. The Hall–Kier alpha value is -3.48. The van der Waals surface area contributed by atoms with Crippen LogP contribution in [0.1, 0.15) is 60.7 Å². The molecule has 0 unspecified atom stereocenters. The maximum atomic E-state index is 12.3. The Kier molecular flexibility index (Phi) is 8.94. The molecule has 31 heavy (non-hydrogen) atoms. The van der Waals surface area contributed by atoms with E-state index in [9.17, 15) is 19.2 Å². The van der Waals surface area contributed by atoms with E-state index in [0.29, 0.717) is 29.2 Å². The largest absolute Gasteiger partial charge is 0.494 e. The molecule has 0 aliphatic rings. The Morgan fingerprint density at radius 3 is 2.10 bits per heavy atom. The lowest BCUT2D eigenvalue weighted by Gasteiger charge is -2.13. The second-order valence-corrected chi connectivity index (χ2v) is 7.05. The zero-order valence-corrected chi connectivity index (χ0v) is 18.0. The van der Waals surface area contributed by atoms with Crippen LogP contribution in [0.4, 0.5) is 5.69 Å². The molecule has 0 aliphatic heterocycles. The number of esters is 1. The number of benzene rings is 2. The van der Waals surface area contributed by atoms with E-state index < -0.39 is 18.0 Å². The van der Waals surface area contributed by atoms with Gasteiger partial charge in [-0.25, -0.2) is 0 Å². The molecule has 2 aromatic carbocycles. The topological polar surface area (TPSA) is 98.8 Å². The number of hydrogen-bond acceptors (Lipinski definition) is 6. The van der Waals surface area contributed by atoms with Crippen LogP contribution in [0, 0.1) is 0 Å². The molecule has 0 fully saturated rings. The third kappa shape index (κ3) is 7.70. The standard InChI is InChI=1S/C24H27NO6/c1-4-15-30-21-11-7-19(8-12-21)22(27)13-14-23(28)31-17(3)24(29)25-20-9-5-18(6-10-20)16(2)26/h5-12,17H,4,13-15H2,1-3H3,(H,25,29)/t17-/m1/s1. The lowest BCUT2D eigenvalue weighted by atomic mass is 10.1. The molecule has 7 nitrogen and oxygen atoms in total. The predicted octanol–water partition coefficient (Wildman–Crippen LogP) is 4.21. The highest BCUT2D eigenvalue weighted by Crippen LogP contribution is 2.15. The third-order valence-corrected chi connectivity index (χ3v) is 4.44. The predicted molar refractivity (Wildman–Crippen MR) is 116 cm³/mol. The average Bonchev–Trinajstić information content (AvgIpc) is 2.76. The van der Waals surface area contributed by atoms with E-state index in [-0.39, 0.29) is 24.4 Å². The van der Waals surface area contributed by atoms with E-state index in [1.165, 1.54) is 13.8 Å². The van der Waals surface area contributed by atoms with Crippen molar-refractivity contribution in [2.24, 2.45) is 0 Å². The summed E-state index contributed by atoms with van der Waals surface area (Å²) in [6.45, 7) is 5.52. The van der Waals surface area contributed by atoms with Crippen molar-refractivity contribution in [3.05, 3.63) is 59.7 Å². The number of rotatable bonds is 11. The molecule has 0 radical (unpaired) electrons. The first kappa shape index (κ1) is 23.8. The Morgan fingerprint density at radius 2 is 1.52 bits per heavy atom. The van der Waals surface area contributed by atoms with Gasteiger partial charge in [0.05, 0.1) is 13.0 Å². The van der Waals surface area contributed by atoms with Gasteiger partial charge >= 0.3 is 5.97 Å². The molecule has 0 saturated heterocycles. The zero-order valence-electron chi connectivity index (χ0n) is 18.0. The van der Waals surface area contributed by atoms with Crippen LogP contribution in [-0.4, -0.2) is 36.2 Å². The minimum absolute atomic E-state index is 0.0190. The van der Waals surface area contributed by atoms with Crippen LogP contribution in [0.3, 0.4) is 0 Å². The van der Waals surface area contributed by atoms with Gasteiger partial charge in [-0.1, -0.05) is 6.92 Å². The minimum atomic E-state index is -1.02. The van der Waals surface area contributed by atoms with Gasteiger partial charge in [0.25, 0.3) is 5.91 Å². The third-order valence-electron chi connectivity index (χ3n) is 4.44. The molecule has 7 heteroatoms. The summed E-state index contributed by atoms with van der Waals surface area (Å²) in [7, 11) is 0. The van der Waals surface area contributed by atoms with E-state index in [2.05, 4.69) is 5.32 Å². The number of ketones is 2. The van der Waals surface area contributed by atoms with Crippen molar-refractivity contribution >= 4 is 29.1 Å². The van der Waals surface area contributed by atoms with E-state index in [4.69, 9.17) is 9.47 Å². The summed E-state index contributed by atoms with van der Waals surface area (Å²) in [6, 6.07) is 13.2. The van der Waals surface area contributed by atoms with Crippen molar-refractivity contribution in [3.63, 3.8) is 0 Å². The number of nitrogens with one attached hydrogen (secondary N) is 1. The van der Waals surface area contributed by atoms with Gasteiger partial charge in [0.1, 0.15) is 5.75 Å². The first-order valence-corrected chi connectivity index (χ1v) is 10.2. The van der Waals surface area contributed by atoms with Crippen LogP contribution >= 0.6 is 0 Å². The number of amides is 1. The van der Waals surface area contributed by atoms with Crippen molar-refractivity contribution in [2.75, 3.05) is 11.9 Å². The number of hydrogen-bond donors (Lipinski definition) is 1. The molecule has 0 aromatic heterocycles. The monoisotopic (exact) mass is 425 g/mol. The van der Waals surface area contributed by atoms with Crippen LogP contribution in [0.25, 0.3) is 0 Å². The lowest BCUT2D eigenvalue weighted by Crippen LogP contribution is -2.30. The average molecular weight is 425 g/mol. The SMILES string of the molecule is CCCOc1ccc(C(=O)CCC(=O)O[C@H](C)C(=O)Nc2ccc(C(C)=O)cc2)cc1. The Labute approximate surface area is 181 Å². The van der Waals surface area contributed by atoms with E-state index in [1.54, 1.807) is 48.5 Å². The van der Waals surface area contributed by atoms with Gasteiger partial charge in [-0.2, -0.15) is 0 Å². The molecule has 0 aliphatic carbocycles. The quantitative estimate of drug-likeness (QED) is 0.428. The molecule has 0 saturated carbocycles. The lowest BCUT2D eigenvalue weighted by molar-refractivity contribution is -0.153. The Morgan fingerprint density at radius 1 is 0.903 bits per heavy atom. The second kappa shape index (κ2) is 11.6. The molecule has 1 atom stereocenters. The van der Waals surface area contributed by atoms with Gasteiger partial charge < -0.3 is 14.8 Å². The van der Waals surface area contributed by atoms with Gasteiger partial charge in [-0.3, -0.25) is 19.2 Å². The molecule has 2 aromatic rings. The van der Waals surface area contributed by atoms with Crippen LogP contribution in [0.5, 0.6) is 5.75 Å². The highest BCUT2D eigenvalue weighted by atomic mass is 16.5. The summed E-state index contributed by atoms with van der Waals surface area (Å²) in [5.41, 5.74) is 1.50. The van der Waals surface area contributed by atoms with Crippen molar-refractivity contribution in [1.29, 1.82) is 0 Å². The summed E-state index contributed by atoms with van der Waals surface area (Å²) < 4.78 is 10.6. The Balaban J connectivity index is 1.78. The first-order valence-electron chi connectivity index (χ1n) is 10.2. The van der Waals surface area contributed by atoms with Crippen molar-refractivity contribution in [3.8, 4) is 5.75 Å². The van der Waals surface area contributed by atoms with E-state index >= 15 is 0 Å². The van der Waals surface area contributed by atoms with E-state index in [0.717, 1.165) is 6.42 Å². The van der Waals surface area contributed by atoms with Crippen LogP contribution in [0.2, 0.25) is 0 Å². The van der Waals surface area contributed by atoms with Crippen molar-refractivity contribution < 1.29 is 28.7 Å². The zero-order chi connectivity index (χ0) is 22.8. The van der Waals surface area contributed by atoms with Gasteiger partial charge in [0.15, 0.2) is 17.7 Å². The summed E-state index contributed by atoms with van der Waals surface area (Å²) in [6.07, 6.45) is -0.275. The van der Waals surface area contributed by atoms with Gasteiger partial charge in [0, 0.05) is 23.2 Å². The molecule has 0 spiro atoms. The van der Waals surface area contributed by atoms with Crippen molar-refractivity contribution in [2.45, 2.75) is 46.1 Å². The summed E-state index contributed by atoms with van der Waals surface area (Å²) in [5.74, 6) is -0.713. The maximum absolute atomic E-state index is 12.3. The van der Waals surface area contributed by atoms with Crippen molar-refractivity contribution in [1.82, 2.24) is 0 Å². The molecule has 1 N–H and O–H groups in total. The fourth-order valence-corrected chi connectivity index (χ4v) is 2.66. The summed E-state index contributed by atoms with van der Waals surface area (Å²) in [5, 5.41) is 2.62. The van der Waals surface area contributed by atoms with Crippen LogP contribution < -0.4 is 10.1 Å². The Bertz CT molecular complexity index is 918. The molecule has 0 heterocycles. The summed E-state index contributed by atoms with van der Waals surface area (Å²) >= 11 is 0. The number of ether oxygens (including phenoxy) is 2. The van der Waals surface area contributed by atoms with Crippen LogP contribution in [-0.2, 0) is 14.3 Å². The molecular formula is C24H27NO6. The molecule has 2 rings (SSSR count). The van der Waals surface area contributed by atoms with Gasteiger partial charge in [0.2, 0.25) is 0 Å².